The molecule has 6 heteroatoms. The predicted octanol–water partition coefficient (Wildman–Crippen LogP) is 2.01. The number of hydrogen-bond acceptors (Lipinski definition) is 4. The second-order valence-electron chi connectivity index (χ2n) is 5.89. The molecule has 1 atom stereocenters. The van der Waals surface area contributed by atoms with Gasteiger partial charge in [0.25, 0.3) is 11.6 Å². The maximum absolute atomic E-state index is 12.2. The Kier molecular flexibility index (Phi) is 4.83. The molecule has 20 heavy (non-hydrogen) atoms. The van der Waals surface area contributed by atoms with E-state index in [1.807, 2.05) is 20.8 Å². The first-order valence-corrected chi connectivity index (χ1v) is 6.42. The highest BCUT2D eigenvalue weighted by Gasteiger charge is 2.25. The number of nitrogens with two attached hydrogens (primary N) is 1. The van der Waals surface area contributed by atoms with E-state index in [1.165, 1.54) is 18.2 Å². The third-order valence-corrected chi connectivity index (χ3v) is 3.24. The Hall–Kier alpha value is -1.95. The molecule has 1 rings (SSSR count). The summed E-state index contributed by atoms with van der Waals surface area (Å²) in [4.78, 5) is 22.4. The van der Waals surface area contributed by atoms with Gasteiger partial charge in [0.2, 0.25) is 0 Å². The van der Waals surface area contributed by atoms with Gasteiger partial charge >= 0.3 is 0 Å². The van der Waals surface area contributed by atoms with Crippen LogP contribution in [-0.4, -0.2) is 23.4 Å². The number of carbonyl (C=O) groups excluding carboxylic acids is 1. The van der Waals surface area contributed by atoms with Gasteiger partial charge in [-0.3, -0.25) is 14.9 Å². The van der Waals surface area contributed by atoms with Crippen LogP contribution in [0.1, 0.15) is 36.7 Å². The molecule has 1 unspecified atom stereocenters. The third kappa shape index (κ3) is 3.77. The fourth-order valence-electron chi connectivity index (χ4n) is 1.87. The molecule has 0 aliphatic heterocycles. The number of carbonyl (C=O) groups is 1. The number of rotatable bonds is 4. The van der Waals surface area contributed by atoms with E-state index in [0.717, 1.165) is 0 Å². The molecule has 0 heterocycles. The van der Waals surface area contributed by atoms with Gasteiger partial charge in [-0.25, -0.2) is 0 Å². The summed E-state index contributed by atoms with van der Waals surface area (Å²) in [6.07, 6.45) is 0. The van der Waals surface area contributed by atoms with Crippen LogP contribution in [0.4, 0.5) is 5.69 Å². The van der Waals surface area contributed by atoms with Crippen LogP contribution in [0.3, 0.4) is 0 Å². The SMILES string of the molecule is Cc1cc(C(=O)NC(CN)C(C)(C)C)ccc1[N+](=O)[O-]. The summed E-state index contributed by atoms with van der Waals surface area (Å²) in [5.74, 6) is -0.270. The van der Waals surface area contributed by atoms with Gasteiger partial charge in [-0.2, -0.15) is 0 Å². The van der Waals surface area contributed by atoms with Crippen molar-refractivity contribution in [2.24, 2.45) is 11.1 Å². The lowest BCUT2D eigenvalue weighted by Gasteiger charge is -2.30. The van der Waals surface area contributed by atoms with Crippen LogP contribution in [0.5, 0.6) is 0 Å². The second kappa shape index (κ2) is 6.00. The summed E-state index contributed by atoms with van der Waals surface area (Å²) in [6.45, 7) is 7.92. The first kappa shape index (κ1) is 16.1. The van der Waals surface area contributed by atoms with Crippen molar-refractivity contribution in [3.63, 3.8) is 0 Å². The maximum Gasteiger partial charge on any atom is 0.272 e. The van der Waals surface area contributed by atoms with Crippen LogP contribution in [0, 0.1) is 22.5 Å². The quantitative estimate of drug-likeness (QED) is 0.650. The third-order valence-electron chi connectivity index (χ3n) is 3.24. The molecular formula is C14H21N3O3. The number of nitrogens with zero attached hydrogens (tertiary/aromatic N) is 1. The smallest absolute Gasteiger partial charge is 0.272 e. The molecule has 0 radical (unpaired) electrons. The molecule has 1 aromatic rings. The number of nitrogens with one attached hydrogen (secondary N) is 1. The number of hydrogen-bond donors (Lipinski definition) is 2. The number of nitro benzene ring substituents is 1. The largest absolute Gasteiger partial charge is 0.348 e. The molecule has 0 bridgehead atoms. The number of nitro groups is 1. The summed E-state index contributed by atoms with van der Waals surface area (Å²) >= 11 is 0. The van der Waals surface area contributed by atoms with Gasteiger partial charge in [0.05, 0.1) is 4.92 Å². The van der Waals surface area contributed by atoms with Gasteiger partial charge in [-0.05, 0) is 24.5 Å². The standard InChI is InChI=1S/C14H21N3O3/c1-9-7-10(5-6-11(9)17(19)20)13(18)16-12(8-15)14(2,3)4/h5-7,12H,8,15H2,1-4H3,(H,16,18). The van der Waals surface area contributed by atoms with Gasteiger partial charge in [0.15, 0.2) is 0 Å². The molecule has 0 fully saturated rings. The molecule has 0 saturated heterocycles. The van der Waals surface area contributed by atoms with Crippen molar-refractivity contribution in [3.8, 4) is 0 Å². The highest BCUT2D eigenvalue weighted by Crippen LogP contribution is 2.21. The van der Waals surface area contributed by atoms with E-state index in [9.17, 15) is 14.9 Å². The van der Waals surface area contributed by atoms with Crippen LogP contribution in [0.25, 0.3) is 0 Å². The number of amides is 1. The lowest BCUT2D eigenvalue weighted by Crippen LogP contribution is -2.48. The van der Waals surface area contributed by atoms with Crippen LogP contribution in [0.2, 0.25) is 0 Å². The number of aryl methyl sites for hydroxylation is 1. The Labute approximate surface area is 118 Å². The lowest BCUT2D eigenvalue weighted by atomic mass is 9.86. The van der Waals surface area contributed by atoms with Crippen molar-refractivity contribution >= 4 is 11.6 Å². The molecule has 0 saturated carbocycles. The molecule has 3 N–H and O–H groups in total. The molecule has 0 aliphatic rings. The summed E-state index contributed by atoms with van der Waals surface area (Å²) in [6, 6.07) is 4.16. The van der Waals surface area contributed by atoms with Crippen LogP contribution in [0.15, 0.2) is 18.2 Å². The minimum Gasteiger partial charge on any atom is -0.348 e. The van der Waals surface area contributed by atoms with Crippen LogP contribution in [-0.2, 0) is 0 Å². The average molecular weight is 279 g/mol. The van der Waals surface area contributed by atoms with E-state index < -0.39 is 4.92 Å². The van der Waals surface area contributed by atoms with Crippen molar-refractivity contribution in [3.05, 3.63) is 39.4 Å². The van der Waals surface area contributed by atoms with E-state index in [-0.39, 0.29) is 23.1 Å². The molecule has 0 aliphatic carbocycles. The first-order chi connectivity index (χ1) is 9.16. The lowest BCUT2D eigenvalue weighted by molar-refractivity contribution is -0.385. The minimum absolute atomic E-state index is 0.00717. The van der Waals surface area contributed by atoms with E-state index in [2.05, 4.69) is 5.32 Å². The zero-order valence-electron chi connectivity index (χ0n) is 12.3. The molecule has 110 valence electrons. The summed E-state index contributed by atoms with van der Waals surface area (Å²) in [5.41, 5.74) is 6.39. The Morgan fingerprint density at radius 1 is 1.45 bits per heavy atom. The normalized spacial score (nSPS) is 12.8. The van der Waals surface area contributed by atoms with E-state index in [4.69, 9.17) is 5.73 Å². The van der Waals surface area contributed by atoms with Gasteiger partial charge < -0.3 is 11.1 Å². The van der Waals surface area contributed by atoms with Crippen molar-refractivity contribution in [2.75, 3.05) is 6.54 Å². The molecule has 0 spiro atoms. The Balaban J connectivity index is 2.93. The minimum atomic E-state index is -0.463. The zero-order valence-corrected chi connectivity index (χ0v) is 12.3. The van der Waals surface area contributed by atoms with E-state index in [1.54, 1.807) is 6.92 Å². The van der Waals surface area contributed by atoms with Gasteiger partial charge in [-0.1, -0.05) is 20.8 Å². The van der Waals surface area contributed by atoms with Gasteiger partial charge in [-0.15, -0.1) is 0 Å². The second-order valence-corrected chi connectivity index (χ2v) is 5.89. The van der Waals surface area contributed by atoms with Crippen molar-refractivity contribution in [1.29, 1.82) is 0 Å². The molecule has 1 amide bonds. The number of benzene rings is 1. The van der Waals surface area contributed by atoms with Crippen LogP contribution < -0.4 is 11.1 Å². The fourth-order valence-corrected chi connectivity index (χ4v) is 1.87. The van der Waals surface area contributed by atoms with Crippen molar-refractivity contribution in [1.82, 2.24) is 5.32 Å². The Morgan fingerprint density at radius 2 is 2.05 bits per heavy atom. The maximum atomic E-state index is 12.2. The molecule has 0 aromatic heterocycles. The fraction of sp³-hybridized carbons (Fsp3) is 0.500. The predicted molar refractivity (Wildman–Crippen MR) is 77.6 cm³/mol. The van der Waals surface area contributed by atoms with Gasteiger partial charge in [0.1, 0.15) is 0 Å². The molecule has 1 aromatic carbocycles. The Morgan fingerprint density at radius 3 is 2.45 bits per heavy atom. The van der Waals surface area contributed by atoms with Gasteiger partial charge in [0, 0.05) is 29.8 Å². The van der Waals surface area contributed by atoms with E-state index in [0.29, 0.717) is 17.7 Å². The molecule has 6 nitrogen and oxygen atoms in total. The summed E-state index contributed by atoms with van der Waals surface area (Å²) in [5, 5.41) is 13.6. The van der Waals surface area contributed by atoms with Crippen molar-refractivity contribution in [2.45, 2.75) is 33.7 Å². The van der Waals surface area contributed by atoms with E-state index >= 15 is 0 Å². The summed E-state index contributed by atoms with van der Waals surface area (Å²) in [7, 11) is 0. The van der Waals surface area contributed by atoms with Crippen molar-refractivity contribution < 1.29 is 9.72 Å². The Bertz CT molecular complexity index is 521. The molecular weight excluding hydrogens is 258 g/mol. The topological polar surface area (TPSA) is 98.3 Å². The highest BCUT2D eigenvalue weighted by atomic mass is 16.6. The average Bonchev–Trinajstić information content (AvgIpc) is 2.33. The first-order valence-electron chi connectivity index (χ1n) is 6.42. The highest BCUT2D eigenvalue weighted by molar-refractivity contribution is 5.95. The monoisotopic (exact) mass is 279 g/mol. The summed E-state index contributed by atoms with van der Waals surface area (Å²) < 4.78 is 0. The zero-order chi connectivity index (χ0) is 15.5. The van der Waals surface area contributed by atoms with Crippen LogP contribution >= 0.6 is 0 Å².